The highest BCUT2D eigenvalue weighted by Crippen LogP contribution is 2.30. The van der Waals surface area contributed by atoms with Crippen molar-refractivity contribution in [1.29, 1.82) is 0 Å². The van der Waals surface area contributed by atoms with E-state index in [9.17, 15) is 14.9 Å². The number of halogens is 1. The first-order valence-corrected chi connectivity index (χ1v) is 7.67. The number of rotatable bonds is 7. The van der Waals surface area contributed by atoms with Crippen molar-refractivity contribution in [3.05, 3.63) is 50.3 Å². The zero-order chi connectivity index (χ0) is 16.8. The van der Waals surface area contributed by atoms with Crippen LogP contribution in [0.3, 0.4) is 0 Å². The number of nitro groups is 1. The number of hydrogen-bond donors (Lipinski definition) is 1. The Kier molecular flexibility index (Phi) is 5.91. The Morgan fingerprint density at radius 1 is 1.35 bits per heavy atom. The van der Waals surface area contributed by atoms with Crippen LogP contribution < -0.4 is 10.1 Å². The number of amides is 1. The number of carbonyl (C=O) groups is 1. The first kappa shape index (κ1) is 17.2. The number of ether oxygens (including phenoxy) is 2. The summed E-state index contributed by atoms with van der Waals surface area (Å²) in [5.74, 6) is -0.0344. The van der Waals surface area contributed by atoms with Gasteiger partial charge in [0.15, 0.2) is 0 Å². The minimum Gasteiger partial charge on any atom is -0.489 e. The van der Waals surface area contributed by atoms with Crippen LogP contribution in [0.15, 0.2) is 30.3 Å². The van der Waals surface area contributed by atoms with Gasteiger partial charge in [-0.2, -0.15) is 0 Å². The van der Waals surface area contributed by atoms with E-state index in [-0.39, 0.29) is 9.88 Å². The van der Waals surface area contributed by atoms with Crippen LogP contribution in [0, 0.1) is 10.1 Å². The molecule has 2 aromatic rings. The fraction of sp³-hybridized carbons (Fsp3) is 0.214. The fourth-order valence-electron chi connectivity index (χ4n) is 1.69. The van der Waals surface area contributed by atoms with Gasteiger partial charge in [-0.3, -0.25) is 14.9 Å². The van der Waals surface area contributed by atoms with Gasteiger partial charge in [-0.1, -0.05) is 22.9 Å². The molecule has 2 rings (SSSR count). The molecule has 1 heterocycles. The molecular formula is C14H13ClN2O5S. The average molecular weight is 357 g/mol. The van der Waals surface area contributed by atoms with E-state index >= 15 is 0 Å². The summed E-state index contributed by atoms with van der Waals surface area (Å²) in [6.45, 7) is 0.707. The molecule has 0 unspecified atom stereocenters. The van der Waals surface area contributed by atoms with E-state index in [4.69, 9.17) is 21.1 Å². The van der Waals surface area contributed by atoms with E-state index in [1.54, 1.807) is 25.3 Å². The van der Waals surface area contributed by atoms with Crippen LogP contribution in [0.2, 0.25) is 5.02 Å². The summed E-state index contributed by atoms with van der Waals surface area (Å²) in [4.78, 5) is 22.6. The average Bonchev–Trinajstić information content (AvgIpc) is 3.00. The summed E-state index contributed by atoms with van der Waals surface area (Å²) in [6, 6.07) is 7.49. The lowest BCUT2D eigenvalue weighted by molar-refractivity contribution is -0.380. The van der Waals surface area contributed by atoms with Crippen molar-refractivity contribution in [2.24, 2.45) is 0 Å². The van der Waals surface area contributed by atoms with Crippen molar-refractivity contribution in [3.63, 3.8) is 0 Å². The minimum atomic E-state index is -0.542. The summed E-state index contributed by atoms with van der Waals surface area (Å²) >= 11 is 6.73. The highest BCUT2D eigenvalue weighted by molar-refractivity contribution is 7.17. The molecule has 0 saturated heterocycles. The second kappa shape index (κ2) is 7.91. The van der Waals surface area contributed by atoms with Crippen molar-refractivity contribution in [2.45, 2.75) is 0 Å². The Morgan fingerprint density at radius 2 is 2.13 bits per heavy atom. The summed E-state index contributed by atoms with van der Waals surface area (Å²) in [5.41, 5.74) is 0.384. The van der Waals surface area contributed by atoms with Crippen molar-refractivity contribution < 1.29 is 19.2 Å². The van der Waals surface area contributed by atoms with Gasteiger partial charge >= 0.3 is 5.00 Å². The predicted molar refractivity (Wildman–Crippen MR) is 87.7 cm³/mol. The van der Waals surface area contributed by atoms with Crippen LogP contribution in [-0.4, -0.2) is 31.2 Å². The third kappa shape index (κ3) is 4.65. The number of benzene rings is 1. The molecule has 0 radical (unpaired) electrons. The lowest BCUT2D eigenvalue weighted by Crippen LogP contribution is -2.12. The molecule has 1 aromatic carbocycles. The zero-order valence-corrected chi connectivity index (χ0v) is 13.6. The quantitative estimate of drug-likeness (QED) is 0.465. The monoisotopic (exact) mass is 356 g/mol. The summed E-state index contributed by atoms with van der Waals surface area (Å²) < 4.78 is 10.4. The summed E-state index contributed by atoms with van der Waals surface area (Å²) in [5, 5.41) is 13.6. The fourth-order valence-corrected chi connectivity index (χ4v) is 2.58. The van der Waals surface area contributed by atoms with Crippen LogP contribution >= 0.6 is 22.9 Å². The van der Waals surface area contributed by atoms with Gasteiger partial charge < -0.3 is 14.8 Å². The van der Waals surface area contributed by atoms with Gasteiger partial charge in [0.1, 0.15) is 12.4 Å². The van der Waals surface area contributed by atoms with Gasteiger partial charge in [0.2, 0.25) is 0 Å². The summed E-state index contributed by atoms with van der Waals surface area (Å²) in [6.07, 6.45) is 0. The predicted octanol–water partition coefficient (Wildman–Crippen LogP) is 3.59. The number of hydrogen-bond acceptors (Lipinski definition) is 6. The highest BCUT2D eigenvalue weighted by Gasteiger charge is 2.17. The number of nitrogens with one attached hydrogen (secondary N) is 1. The molecule has 0 spiro atoms. The third-order valence-electron chi connectivity index (χ3n) is 2.73. The molecule has 0 aliphatic rings. The molecule has 0 bridgehead atoms. The largest absolute Gasteiger partial charge is 0.489 e. The molecule has 1 N–H and O–H groups in total. The van der Waals surface area contributed by atoms with Gasteiger partial charge in [0.05, 0.1) is 22.1 Å². The SMILES string of the molecule is COCCOc1ccc(Cl)cc1NC(=O)c1ccc([N+](=O)[O-])s1. The van der Waals surface area contributed by atoms with Crippen LogP contribution in [0.25, 0.3) is 0 Å². The summed E-state index contributed by atoms with van der Waals surface area (Å²) in [7, 11) is 1.55. The van der Waals surface area contributed by atoms with Crippen molar-refractivity contribution in [2.75, 3.05) is 25.6 Å². The normalized spacial score (nSPS) is 10.3. The highest BCUT2D eigenvalue weighted by atomic mass is 35.5. The Balaban J connectivity index is 2.15. The third-order valence-corrected chi connectivity index (χ3v) is 4.00. The molecule has 0 aliphatic heterocycles. The molecule has 1 aromatic heterocycles. The number of nitrogens with zero attached hydrogens (tertiary/aromatic N) is 1. The second-order valence-electron chi connectivity index (χ2n) is 4.33. The Bertz CT molecular complexity index is 719. The van der Waals surface area contributed by atoms with Crippen molar-refractivity contribution >= 4 is 39.5 Å². The molecule has 0 saturated carbocycles. The molecule has 7 nitrogen and oxygen atoms in total. The maximum atomic E-state index is 12.2. The maximum Gasteiger partial charge on any atom is 0.324 e. The van der Waals surface area contributed by atoms with Crippen LogP contribution in [0.5, 0.6) is 5.75 Å². The minimum absolute atomic E-state index is 0.0992. The van der Waals surface area contributed by atoms with Gasteiger partial charge in [-0.05, 0) is 24.3 Å². The van der Waals surface area contributed by atoms with Gasteiger partial charge in [0.25, 0.3) is 5.91 Å². The molecule has 0 atom stereocenters. The van der Waals surface area contributed by atoms with E-state index in [1.165, 1.54) is 12.1 Å². The Morgan fingerprint density at radius 3 is 2.78 bits per heavy atom. The number of anilines is 1. The number of carbonyl (C=O) groups excluding carboxylic acids is 1. The van der Waals surface area contributed by atoms with E-state index in [2.05, 4.69) is 5.32 Å². The number of thiophene rings is 1. The van der Waals surface area contributed by atoms with Gasteiger partial charge in [-0.25, -0.2) is 0 Å². The van der Waals surface area contributed by atoms with Gasteiger partial charge in [-0.15, -0.1) is 0 Å². The lowest BCUT2D eigenvalue weighted by atomic mass is 10.3. The maximum absolute atomic E-state index is 12.2. The van der Waals surface area contributed by atoms with Crippen LogP contribution in [0.1, 0.15) is 9.67 Å². The van der Waals surface area contributed by atoms with Crippen LogP contribution in [-0.2, 0) is 4.74 Å². The van der Waals surface area contributed by atoms with E-state index in [0.717, 1.165) is 11.3 Å². The van der Waals surface area contributed by atoms with E-state index in [0.29, 0.717) is 29.7 Å². The molecule has 9 heteroatoms. The first-order chi connectivity index (χ1) is 11.0. The molecule has 1 amide bonds. The Hall–Kier alpha value is -2.16. The zero-order valence-electron chi connectivity index (χ0n) is 12.1. The molecule has 0 aliphatic carbocycles. The molecule has 0 fully saturated rings. The molecular weight excluding hydrogens is 344 g/mol. The van der Waals surface area contributed by atoms with Crippen molar-refractivity contribution in [1.82, 2.24) is 0 Å². The van der Waals surface area contributed by atoms with E-state index in [1.807, 2.05) is 0 Å². The molecule has 122 valence electrons. The Labute approximate surface area is 140 Å². The van der Waals surface area contributed by atoms with Crippen LogP contribution in [0.4, 0.5) is 10.7 Å². The topological polar surface area (TPSA) is 90.7 Å². The molecule has 23 heavy (non-hydrogen) atoms. The first-order valence-electron chi connectivity index (χ1n) is 6.48. The smallest absolute Gasteiger partial charge is 0.324 e. The second-order valence-corrected chi connectivity index (χ2v) is 5.83. The van der Waals surface area contributed by atoms with E-state index < -0.39 is 10.8 Å². The van der Waals surface area contributed by atoms with Gasteiger partial charge in [0, 0.05) is 18.2 Å². The standard InChI is InChI=1S/C14H13ClN2O5S/c1-21-6-7-22-11-3-2-9(15)8-10(11)16-14(18)12-4-5-13(23-12)17(19)20/h2-5,8H,6-7H2,1H3,(H,16,18). The number of methoxy groups -OCH3 is 1. The lowest BCUT2D eigenvalue weighted by Gasteiger charge is -2.12. The van der Waals surface area contributed by atoms with Crippen molar-refractivity contribution in [3.8, 4) is 5.75 Å².